The van der Waals surface area contributed by atoms with Gasteiger partial charge in [0, 0.05) is 13.2 Å². The van der Waals surface area contributed by atoms with Gasteiger partial charge in [-0.3, -0.25) is 4.98 Å². The van der Waals surface area contributed by atoms with Crippen LogP contribution in [0.3, 0.4) is 0 Å². The summed E-state index contributed by atoms with van der Waals surface area (Å²) in [5, 5.41) is 3.17. The van der Waals surface area contributed by atoms with Crippen molar-refractivity contribution in [3.05, 3.63) is 12.4 Å². The maximum absolute atomic E-state index is 5.60. The molecule has 1 aromatic heterocycles. The predicted octanol–water partition coefficient (Wildman–Crippen LogP) is 2.10. The Morgan fingerprint density at radius 1 is 1.35 bits per heavy atom. The Kier molecular flexibility index (Phi) is 6.32. The fraction of sp³-hybridized carbons (Fsp3) is 0.667. The Labute approximate surface area is 103 Å². The number of nitrogens with zero attached hydrogens (tertiary/aromatic N) is 2. The highest BCUT2D eigenvalue weighted by molar-refractivity contribution is 5.32. The first-order valence-electron chi connectivity index (χ1n) is 6.06. The topological polar surface area (TPSA) is 56.3 Å². The highest BCUT2D eigenvalue weighted by Crippen LogP contribution is 2.10. The van der Waals surface area contributed by atoms with E-state index in [9.17, 15) is 0 Å². The van der Waals surface area contributed by atoms with E-state index in [1.807, 2.05) is 13.8 Å². The molecule has 0 saturated heterocycles. The zero-order valence-electron chi connectivity index (χ0n) is 10.8. The van der Waals surface area contributed by atoms with Crippen molar-refractivity contribution >= 4 is 5.82 Å². The SMILES string of the molecule is CCCNc1cncc(OC(C)COCC)n1. The zero-order valence-corrected chi connectivity index (χ0v) is 10.8. The van der Waals surface area contributed by atoms with Gasteiger partial charge in [0.15, 0.2) is 0 Å². The van der Waals surface area contributed by atoms with E-state index in [0.717, 1.165) is 18.8 Å². The molecular weight excluding hydrogens is 218 g/mol. The summed E-state index contributed by atoms with van der Waals surface area (Å²) in [5.74, 6) is 1.27. The normalized spacial score (nSPS) is 12.2. The second-order valence-electron chi connectivity index (χ2n) is 3.76. The van der Waals surface area contributed by atoms with Crippen LogP contribution in [0.25, 0.3) is 0 Å². The first-order valence-corrected chi connectivity index (χ1v) is 6.06. The van der Waals surface area contributed by atoms with Gasteiger partial charge in [-0.25, -0.2) is 0 Å². The van der Waals surface area contributed by atoms with E-state index in [-0.39, 0.29) is 6.10 Å². The van der Waals surface area contributed by atoms with Crippen LogP contribution in [0.1, 0.15) is 27.2 Å². The number of hydrogen-bond donors (Lipinski definition) is 1. The summed E-state index contributed by atoms with van der Waals surface area (Å²) >= 11 is 0. The Morgan fingerprint density at radius 2 is 2.18 bits per heavy atom. The van der Waals surface area contributed by atoms with Gasteiger partial charge in [-0.05, 0) is 20.3 Å². The molecule has 0 spiro atoms. The van der Waals surface area contributed by atoms with Crippen LogP contribution < -0.4 is 10.1 Å². The number of aromatic nitrogens is 2. The minimum atomic E-state index is -0.0225. The molecule has 0 aromatic carbocycles. The van der Waals surface area contributed by atoms with Gasteiger partial charge in [0.25, 0.3) is 0 Å². The molecule has 0 bridgehead atoms. The van der Waals surface area contributed by atoms with Crippen molar-refractivity contribution in [2.75, 3.05) is 25.1 Å². The second-order valence-corrected chi connectivity index (χ2v) is 3.76. The lowest BCUT2D eigenvalue weighted by molar-refractivity contribution is 0.0632. The fourth-order valence-corrected chi connectivity index (χ4v) is 1.27. The third-order valence-electron chi connectivity index (χ3n) is 2.05. The predicted molar refractivity (Wildman–Crippen MR) is 67.4 cm³/mol. The van der Waals surface area contributed by atoms with Gasteiger partial charge in [0.2, 0.25) is 5.88 Å². The zero-order chi connectivity index (χ0) is 12.5. The highest BCUT2D eigenvalue weighted by Gasteiger charge is 2.06. The van der Waals surface area contributed by atoms with Crippen molar-refractivity contribution < 1.29 is 9.47 Å². The molecule has 17 heavy (non-hydrogen) atoms. The average molecular weight is 239 g/mol. The molecular formula is C12H21N3O2. The van der Waals surface area contributed by atoms with Gasteiger partial charge in [-0.1, -0.05) is 6.92 Å². The minimum absolute atomic E-state index is 0.0225. The summed E-state index contributed by atoms with van der Waals surface area (Å²) in [6.45, 7) is 8.14. The molecule has 1 aromatic rings. The molecule has 0 aliphatic rings. The van der Waals surface area contributed by atoms with E-state index in [1.54, 1.807) is 12.4 Å². The van der Waals surface area contributed by atoms with Gasteiger partial charge in [0.1, 0.15) is 11.9 Å². The molecule has 5 heteroatoms. The molecule has 1 rings (SSSR count). The fourth-order valence-electron chi connectivity index (χ4n) is 1.27. The summed E-state index contributed by atoms with van der Waals surface area (Å²) in [5.41, 5.74) is 0. The van der Waals surface area contributed by atoms with E-state index in [1.165, 1.54) is 0 Å². The van der Waals surface area contributed by atoms with Gasteiger partial charge < -0.3 is 14.8 Å². The maximum Gasteiger partial charge on any atom is 0.234 e. The lowest BCUT2D eigenvalue weighted by Crippen LogP contribution is -2.20. The first-order chi connectivity index (χ1) is 8.26. The summed E-state index contributed by atoms with van der Waals surface area (Å²) < 4.78 is 10.9. The van der Waals surface area contributed by atoms with Crippen LogP contribution in [-0.4, -0.2) is 35.8 Å². The molecule has 0 aliphatic carbocycles. The number of nitrogens with one attached hydrogen (secondary N) is 1. The standard InChI is InChI=1S/C12H21N3O2/c1-4-6-14-11-7-13-8-12(15-11)17-10(3)9-16-5-2/h7-8,10H,4-6,9H2,1-3H3,(H,14,15). The number of ether oxygens (including phenoxy) is 2. The van der Waals surface area contributed by atoms with Crippen molar-refractivity contribution in [2.24, 2.45) is 0 Å². The summed E-state index contributed by atoms with van der Waals surface area (Å²) in [6, 6.07) is 0. The monoisotopic (exact) mass is 239 g/mol. The smallest absolute Gasteiger partial charge is 0.234 e. The Bertz CT molecular complexity index is 320. The Morgan fingerprint density at radius 3 is 2.88 bits per heavy atom. The molecule has 5 nitrogen and oxygen atoms in total. The molecule has 0 fully saturated rings. The largest absolute Gasteiger partial charge is 0.471 e. The minimum Gasteiger partial charge on any atom is -0.471 e. The average Bonchev–Trinajstić information content (AvgIpc) is 2.34. The van der Waals surface area contributed by atoms with E-state index < -0.39 is 0 Å². The van der Waals surface area contributed by atoms with E-state index >= 15 is 0 Å². The van der Waals surface area contributed by atoms with Crippen molar-refractivity contribution in [1.29, 1.82) is 0 Å². The second kappa shape index (κ2) is 7.84. The van der Waals surface area contributed by atoms with Crippen molar-refractivity contribution in [1.82, 2.24) is 9.97 Å². The maximum atomic E-state index is 5.60. The molecule has 1 unspecified atom stereocenters. The molecule has 0 radical (unpaired) electrons. The van der Waals surface area contributed by atoms with Crippen LogP contribution in [0.2, 0.25) is 0 Å². The molecule has 96 valence electrons. The third kappa shape index (κ3) is 5.49. The van der Waals surface area contributed by atoms with Gasteiger partial charge in [-0.2, -0.15) is 4.98 Å². The van der Waals surface area contributed by atoms with E-state index in [0.29, 0.717) is 19.1 Å². The Hall–Kier alpha value is -1.36. The number of rotatable bonds is 8. The van der Waals surface area contributed by atoms with Gasteiger partial charge in [0.05, 0.1) is 19.0 Å². The first kappa shape index (κ1) is 13.7. The van der Waals surface area contributed by atoms with E-state index in [4.69, 9.17) is 9.47 Å². The lowest BCUT2D eigenvalue weighted by Gasteiger charge is -2.13. The van der Waals surface area contributed by atoms with Crippen LogP contribution in [0, 0.1) is 0 Å². The molecule has 0 aliphatic heterocycles. The Balaban J connectivity index is 2.47. The van der Waals surface area contributed by atoms with Crippen LogP contribution in [0.15, 0.2) is 12.4 Å². The van der Waals surface area contributed by atoms with E-state index in [2.05, 4.69) is 22.2 Å². The molecule has 0 amide bonds. The van der Waals surface area contributed by atoms with Crippen LogP contribution >= 0.6 is 0 Å². The summed E-state index contributed by atoms with van der Waals surface area (Å²) in [6.07, 6.45) is 4.33. The molecule has 1 atom stereocenters. The molecule has 1 heterocycles. The number of anilines is 1. The van der Waals surface area contributed by atoms with Crippen molar-refractivity contribution in [3.8, 4) is 5.88 Å². The van der Waals surface area contributed by atoms with Gasteiger partial charge in [-0.15, -0.1) is 0 Å². The highest BCUT2D eigenvalue weighted by atomic mass is 16.5. The molecule has 0 saturated carbocycles. The van der Waals surface area contributed by atoms with Crippen molar-refractivity contribution in [2.45, 2.75) is 33.3 Å². The summed E-state index contributed by atoms with van der Waals surface area (Å²) in [4.78, 5) is 8.39. The van der Waals surface area contributed by atoms with Gasteiger partial charge >= 0.3 is 0 Å². The van der Waals surface area contributed by atoms with Crippen molar-refractivity contribution in [3.63, 3.8) is 0 Å². The van der Waals surface area contributed by atoms with Crippen LogP contribution in [0.5, 0.6) is 5.88 Å². The van der Waals surface area contributed by atoms with Crippen LogP contribution in [0.4, 0.5) is 5.82 Å². The molecule has 1 N–H and O–H groups in total. The third-order valence-corrected chi connectivity index (χ3v) is 2.05. The number of hydrogen-bond acceptors (Lipinski definition) is 5. The quantitative estimate of drug-likeness (QED) is 0.753. The van der Waals surface area contributed by atoms with Crippen LogP contribution in [-0.2, 0) is 4.74 Å². The lowest BCUT2D eigenvalue weighted by atomic mass is 10.4. The summed E-state index contributed by atoms with van der Waals surface area (Å²) in [7, 11) is 0.